The van der Waals surface area contributed by atoms with Crippen molar-refractivity contribution in [2.24, 2.45) is 5.92 Å². The van der Waals surface area contributed by atoms with Crippen molar-refractivity contribution < 1.29 is 9.53 Å². The van der Waals surface area contributed by atoms with Gasteiger partial charge in [-0.2, -0.15) is 0 Å². The summed E-state index contributed by atoms with van der Waals surface area (Å²) < 4.78 is 5.70. The first-order chi connectivity index (χ1) is 10.1. The van der Waals surface area contributed by atoms with E-state index in [0.29, 0.717) is 17.9 Å². The van der Waals surface area contributed by atoms with E-state index in [2.05, 4.69) is 31.0 Å². The normalized spacial score (nSPS) is 29.8. The summed E-state index contributed by atoms with van der Waals surface area (Å²) in [6.45, 7) is 8.37. The van der Waals surface area contributed by atoms with Gasteiger partial charge in [0.15, 0.2) is 0 Å². The van der Waals surface area contributed by atoms with Crippen molar-refractivity contribution >= 4 is 5.91 Å². The molecule has 0 radical (unpaired) electrons. The second kappa shape index (κ2) is 8.14. The maximum absolute atomic E-state index is 12.6. The van der Waals surface area contributed by atoms with Gasteiger partial charge in [-0.1, -0.05) is 33.6 Å². The molecule has 2 heterocycles. The van der Waals surface area contributed by atoms with Crippen LogP contribution in [0.1, 0.15) is 65.7 Å². The van der Waals surface area contributed by atoms with E-state index in [-0.39, 0.29) is 12.2 Å². The Bertz CT molecular complexity index is 327. The number of unbranched alkanes of at least 4 members (excludes halogenated alkanes) is 1. The van der Waals surface area contributed by atoms with Gasteiger partial charge in [0.1, 0.15) is 0 Å². The zero-order chi connectivity index (χ0) is 15.2. The van der Waals surface area contributed by atoms with Crippen molar-refractivity contribution in [1.82, 2.24) is 10.2 Å². The van der Waals surface area contributed by atoms with Crippen molar-refractivity contribution in [1.29, 1.82) is 0 Å². The van der Waals surface area contributed by atoms with Gasteiger partial charge in [-0.15, -0.1) is 0 Å². The van der Waals surface area contributed by atoms with Crippen molar-refractivity contribution in [3.63, 3.8) is 0 Å². The standard InChI is InChI=1S/C17H32N2O2/c1-4-5-8-15-17(20)19(16(18-15)12-13(2)3)10-9-14-7-6-11-21-14/h13-16,18H,4-12H2,1-3H3. The third kappa shape index (κ3) is 4.68. The van der Waals surface area contributed by atoms with Crippen LogP contribution in [0.4, 0.5) is 0 Å². The minimum Gasteiger partial charge on any atom is -0.378 e. The average Bonchev–Trinajstić information content (AvgIpc) is 3.03. The molecule has 4 heteroatoms. The number of ether oxygens (including phenoxy) is 1. The molecule has 0 aliphatic carbocycles. The van der Waals surface area contributed by atoms with E-state index in [1.807, 2.05) is 0 Å². The molecule has 3 atom stereocenters. The molecular formula is C17H32N2O2. The highest BCUT2D eigenvalue weighted by molar-refractivity contribution is 5.84. The Morgan fingerprint density at radius 1 is 1.38 bits per heavy atom. The fraction of sp³-hybridized carbons (Fsp3) is 0.941. The molecule has 2 aliphatic heterocycles. The summed E-state index contributed by atoms with van der Waals surface area (Å²) in [4.78, 5) is 14.7. The minimum atomic E-state index is 0.0400. The average molecular weight is 296 g/mol. The fourth-order valence-corrected chi connectivity index (χ4v) is 3.43. The quantitative estimate of drug-likeness (QED) is 0.749. The van der Waals surface area contributed by atoms with Gasteiger partial charge >= 0.3 is 0 Å². The SMILES string of the molecule is CCCCC1NC(CC(C)C)N(CCC2CCCO2)C1=O. The number of nitrogens with one attached hydrogen (secondary N) is 1. The predicted octanol–water partition coefficient (Wildman–Crippen LogP) is 2.92. The number of nitrogens with zero attached hydrogens (tertiary/aromatic N) is 1. The largest absolute Gasteiger partial charge is 0.378 e. The molecule has 0 bridgehead atoms. The van der Waals surface area contributed by atoms with Crippen LogP contribution in [0.3, 0.4) is 0 Å². The van der Waals surface area contributed by atoms with Gasteiger partial charge in [0, 0.05) is 13.2 Å². The lowest BCUT2D eigenvalue weighted by molar-refractivity contribution is -0.130. The van der Waals surface area contributed by atoms with E-state index in [0.717, 1.165) is 51.7 Å². The van der Waals surface area contributed by atoms with E-state index in [9.17, 15) is 4.79 Å². The maximum atomic E-state index is 12.6. The van der Waals surface area contributed by atoms with Gasteiger partial charge in [0.2, 0.25) is 5.91 Å². The maximum Gasteiger partial charge on any atom is 0.241 e. The number of hydrogen-bond donors (Lipinski definition) is 1. The fourth-order valence-electron chi connectivity index (χ4n) is 3.43. The molecule has 1 amide bonds. The van der Waals surface area contributed by atoms with Crippen molar-refractivity contribution in [3.8, 4) is 0 Å². The number of amides is 1. The third-order valence-corrected chi connectivity index (χ3v) is 4.61. The molecule has 2 saturated heterocycles. The lowest BCUT2D eigenvalue weighted by Crippen LogP contribution is -2.39. The van der Waals surface area contributed by atoms with E-state index in [1.54, 1.807) is 0 Å². The van der Waals surface area contributed by atoms with Crippen LogP contribution in [-0.2, 0) is 9.53 Å². The monoisotopic (exact) mass is 296 g/mol. The van der Waals surface area contributed by atoms with Crippen LogP contribution in [0.25, 0.3) is 0 Å². The molecule has 2 rings (SSSR count). The van der Waals surface area contributed by atoms with Crippen molar-refractivity contribution in [2.45, 2.75) is 84.0 Å². The van der Waals surface area contributed by atoms with Crippen molar-refractivity contribution in [2.75, 3.05) is 13.2 Å². The zero-order valence-corrected chi connectivity index (χ0v) is 13.9. The molecule has 2 aliphatic rings. The summed E-state index contributed by atoms with van der Waals surface area (Å²) in [5.74, 6) is 0.914. The second-order valence-corrected chi connectivity index (χ2v) is 6.96. The Labute approximate surface area is 129 Å². The van der Waals surface area contributed by atoms with Gasteiger partial charge in [0.25, 0.3) is 0 Å². The smallest absolute Gasteiger partial charge is 0.241 e. The lowest BCUT2D eigenvalue weighted by Gasteiger charge is -2.26. The molecule has 0 aromatic carbocycles. The highest BCUT2D eigenvalue weighted by Gasteiger charge is 2.38. The molecule has 122 valence electrons. The predicted molar refractivity (Wildman–Crippen MR) is 85.0 cm³/mol. The van der Waals surface area contributed by atoms with Gasteiger partial charge in [-0.05, 0) is 38.0 Å². The van der Waals surface area contributed by atoms with E-state index >= 15 is 0 Å². The Hall–Kier alpha value is -0.610. The summed E-state index contributed by atoms with van der Waals surface area (Å²) in [6, 6.07) is 0.0400. The van der Waals surface area contributed by atoms with Gasteiger partial charge in [-0.3, -0.25) is 10.1 Å². The molecular weight excluding hydrogens is 264 g/mol. The van der Waals surface area contributed by atoms with Gasteiger partial charge < -0.3 is 9.64 Å². The molecule has 2 fully saturated rings. The third-order valence-electron chi connectivity index (χ3n) is 4.61. The molecule has 3 unspecified atom stereocenters. The second-order valence-electron chi connectivity index (χ2n) is 6.96. The molecule has 0 saturated carbocycles. The van der Waals surface area contributed by atoms with Crippen molar-refractivity contribution in [3.05, 3.63) is 0 Å². The van der Waals surface area contributed by atoms with Crippen LogP contribution in [-0.4, -0.2) is 42.3 Å². The van der Waals surface area contributed by atoms with E-state index in [1.165, 1.54) is 6.42 Å². The molecule has 4 nitrogen and oxygen atoms in total. The molecule has 0 spiro atoms. The van der Waals surface area contributed by atoms with Crippen LogP contribution in [0.5, 0.6) is 0 Å². The van der Waals surface area contributed by atoms with Gasteiger partial charge in [-0.25, -0.2) is 0 Å². The first kappa shape index (κ1) is 16.8. The highest BCUT2D eigenvalue weighted by atomic mass is 16.5. The number of rotatable bonds is 8. The molecule has 21 heavy (non-hydrogen) atoms. The first-order valence-corrected chi connectivity index (χ1v) is 8.80. The Balaban J connectivity index is 1.90. The Kier molecular flexibility index (Phi) is 6.49. The van der Waals surface area contributed by atoms with Crippen LogP contribution in [0.15, 0.2) is 0 Å². The number of carbonyl (C=O) groups is 1. The van der Waals surface area contributed by atoms with Crippen LogP contribution in [0.2, 0.25) is 0 Å². The number of hydrogen-bond acceptors (Lipinski definition) is 3. The van der Waals surface area contributed by atoms with Gasteiger partial charge in [0.05, 0.1) is 18.3 Å². The van der Waals surface area contributed by atoms with Crippen LogP contribution >= 0.6 is 0 Å². The minimum absolute atomic E-state index is 0.0400. The summed E-state index contributed by atoms with van der Waals surface area (Å²) in [7, 11) is 0. The molecule has 0 aromatic heterocycles. The van der Waals surface area contributed by atoms with Crippen LogP contribution in [0, 0.1) is 5.92 Å². The van der Waals surface area contributed by atoms with E-state index < -0.39 is 0 Å². The Morgan fingerprint density at radius 3 is 2.81 bits per heavy atom. The summed E-state index contributed by atoms with van der Waals surface area (Å²) >= 11 is 0. The highest BCUT2D eigenvalue weighted by Crippen LogP contribution is 2.23. The van der Waals surface area contributed by atoms with E-state index in [4.69, 9.17) is 4.74 Å². The zero-order valence-electron chi connectivity index (χ0n) is 13.9. The summed E-state index contributed by atoms with van der Waals surface area (Å²) in [5, 5.41) is 3.57. The van der Waals surface area contributed by atoms with Crippen LogP contribution < -0.4 is 5.32 Å². The Morgan fingerprint density at radius 2 is 2.19 bits per heavy atom. The number of carbonyl (C=O) groups excluding carboxylic acids is 1. The lowest BCUT2D eigenvalue weighted by atomic mass is 10.1. The molecule has 0 aromatic rings. The topological polar surface area (TPSA) is 41.6 Å². The summed E-state index contributed by atoms with van der Waals surface area (Å²) in [6.07, 6.45) is 8.19. The summed E-state index contributed by atoms with van der Waals surface area (Å²) in [5.41, 5.74) is 0. The molecule has 1 N–H and O–H groups in total. The first-order valence-electron chi connectivity index (χ1n) is 8.80.